The number of hydrogen-bond acceptors (Lipinski definition) is 4. The fourth-order valence-corrected chi connectivity index (χ4v) is 1.64. The fraction of sp³-hybridized carbons (Fsp3) is 0.818. The summed E-state index contributed by atoms with van der Waals surface area (Å²) in [5.74, 6) is -0.653. The van der Waals surface area contributed by atoms with Gasteiger partial charge >= 0.3 is 11.9 Å². The molecule has 1 unspecified atom stereocenters. The molecule has 0 spiro atoms. The monoisotopic (exact) mass is 342 g/mol. The van der Waals surface area contributed by atoms with Crippen LogP contribution in [0.3, 0.4) is 0 Å². The van der Waals surface area contributed by atoms with E-state index in [4.69, 9.17) is 9.47 Å². The van der Waals surface area contributed by atoms with Crippen LogP contribution in [0.25, 0.3) is 0 Å². The van der Waals surface area contributed by atoms with Crippen LogP contribution in [0.4, 0.5) is 0 Å². The Bertz CT molecular complexity index is 218. The van der Waals surface area contributed by atoms with Gasteiger partial charge in [0, 0.05) is 11.4 Å². The van der Waals surface area contributed by atoms with Crippen molar-refractivity contribution in [1.29, 1.82) is 0 Å². The SMILES string of the molecule is CCCCCOC(=O)CC(CI)OC(C)=O. The van der Waals surface area contributed by atoms with Crippen molar-refractivity contribution >= 4 is 34.5 Å². The molecule has 0 aromatic carbocycles. The van der Waals surface area contributed by atoms with Gasteiger partial charge in [-0.05, 0) is 6.42 Å². The first-order valence-corrected chi connectivity index (χ1v) is 7.01. The van der Waals surface area contributed by atoms with E-state index in [1.165, 1.54) is 6.92 Å². The summed E-state index contributed by atoms with van der Waals surface area (Å²) in [7, 11) is 0. The van der Waals surface area contributed by atoms with Crippen LogP contribution >= 0.6 is 22.6 Å². The molecule has 0 radical (unpaired) electrons. The Labute approximate surface area is 110 Å². The smallest absolute Gasteiger partial charge is 0.309 e. The zero-order valence-corrected chi connectivity index (χ0v) is 12.0. The predicted molar refractivity (Wildman–Crippen MR) is 69.5 cm³/mol. The molecule has 0 rings (SSSR count). The van der Waals surface area contributed by atoms with Crippen molar-refractivity contribution < 1.29 is 19.1 Å². The van der Waals surface area contributed by atoms with E-state index < -0.39 is 0 Å². The lowest BCUT2D eigenvalue weighted by Crippen LogP contribution is -2.23. The van der Waals surface area contributed by atoms with Crippen molar-refractivity contribution in [2.75, 3.05) is 11.0 Å². The zero-order chi connectivity index (χ0) is 12.4. The second-order valence-corrected chi connectivity index (χ2v) is 4.40. The topological polar surface area (TPSA) is 52.6 Å². The molecule has 0 aliphatic rings. The summed E-state index contributed by atoms with van der Waals surface area (Å²) < 4.78 is 10.6. The summed E-state index contributed by atoms with van der Waals surface area (Å²) in [5, 5.41) is 0. The van der Waals surface area contributed by atoms with Crippen LogP contribution in [0.15, 0.2) is 0 Å². The van der Waals surface area contributed by atoms with Gasteiger partial charge in [-0.25, -0.2) is 0 Å². The number of halogens is 1. The second-order valence-electron chi connectivity index (χ2n) is 3.52. The summed E-state index contributed by atoms with van der Waals surface area (Å²) in [5.41, 5.74) is 0. The maximum Gasteiger partial charge on any atom is 0.309 e. The minimum absolute atomic E-state index is 0.147. The number of carbonyl (C=O) groups excluding carboxylic acids is 2. The molecule has 0 N–H and O–H groups in total. The van der Waals surface area contributed by atoms with E-state index in [2.05, 4.69) is 29.5 Å². The van der Waals surface area contributed by atoms with E-state index in [1.54, 1.807) is 0 Å². The number of alkyl halides is 1. The van der Waals surface area contributed by atoms with Gasteiger partial charge in [-0.15, -0.1) is 0 Å². The lowest BCUT2D eigenvalue weighted by molar-refractivity contribution is -0.152. The van der Waals surface area contributed by atoms with Crippen LogP contribution in [0.1, 0.15) is 39.5 Å². The maximum atomic E-state index is 11.3. The number of esters is 2. The van der Waals surface area contributed by atoms with E-state index in [-0.39, 0.29) is 24.5 Å². The largest absolute Gasteiger partial charge is 0.466 e. The first-order valence-electron chi connectivity index (χ1n) is 5.49. The minimum Gasteiger partial charge on any atom is -0.466 e. The Hall–Kier alpha value is -0.330. The van der Waals surface area contributed by atoms with Gasteiger partial charge in [-0.3, -0.25) is 9.59 Å². The molecule has 0 saturated heterocycles. The average Bonchev–Trinajstić information content (AvgIpc) is 2.23. The number of carbonyl (C=O) groups is 2. The molecule has 0 aliphatic carbocycles. The minimum atomic E-state index is -0.364. The Kier molecular flexibility index (Phi) is 9.66. The van der Waals surface area contributed by atoms with E-state index in [0.29, 0.717) is 11.0 Å². The summed E-state index contributed by atoms with van der Waals surface area (Å²) in [6, 6.07) is 0. The van der Waals surface area contributed by atoms with Crippen LogP contribution in [-0.4, -0.2) is 29.1 Å². The Morgan fingerprint density at radius 3 is 2.50 bits per heavy atom. The van der Waals surface area contributed by atoms with Crippen molar-refractivity contribution in [1.82, 2.24) is 0 Å². The normalized spacial score (nSPS) is 11.9. The van der Waals surface area contributed by atoms with Crippen molar-refractivity contribution in [3.8, 4) is 0 Å². The molecule has 0 bridgehead atoms. The van der Waals surface area contributed by atoms with E-state index in [1.807, 2.05) is 0 Å². The molecular weight excluding hydrogens is 323 g/mol. The average molecular weight is 342 g/mol. The molecule has 0 aliphatic heterocycles. The van der Waals surface area contributed by atoms with Gasteiger partial charge in [0.15, 0.2) is 0 Å². The molecule has 0 aromatic rings. The highest BCUT2D eigenvalue weighted by Crippen LogP contribution is 2.06. The van der Waals surface area contributed by atoms with Crippen molar-refractivity contribution in [2.45, 2.75) is 45.6 Å². The number of ether oxygens (including phenoxy) is 2. The first kappa shape index (κ1) is 15.7. The third-order valence-corrected chi connectivity index (χ3v) is 2.89. The lowest BCUT2D eigenvalue weighted by Gasteiger charge is -2.13. The van der Waals surface area contributed by atoms with Gasteiger partial charge < -0.3 is 9.47 Å². The van der Waals surface area contributed by atoms with Crippen LogP contribution in [-0.2, 0) is 19.1 Å². The van der Waals surface area contributed by atoms with Crippen LogP contribution < -0.4 is 0 Å². The van der Waals surface area contributed by atoms with E-state index in [9.17, 15) is 9.59 Å². The van der Waals surface area contributed by atoms with E-state index in [0.717, 1.165) is 19.3 Å². The molecule has 1 atom stereocenters. The maximum absolute atomic E-state index is 11.3. The Morgan fingerprint density at radius 2 is 2.00 bits per heavy atom. The summed E-state index contributed by atoms with van der Waals surface area (Å²) in [4.78, 5) is 22.1. The molecule has 0 saturated carbocycles. The predicted octanol–water partition coefficient (Wildman–Crippen LogP) is 2.48. The van der Waals surface area contributed by atoms with Crippen LogP contribution in [0, 0.1) is 0 Å². The third kappa shape index (κ3) is 8.94. The number of unbranched alkanes of at least 4 members (excludes halogenated alkanes) is 2. The molecule has 0 amide bonds. The van der Waals surface area contributed by atoms with Crippen molar-refractivity contribution in [3.05, 3.63) is 0 Å². The first-order chi connectivity index (χ1) is 7.60. The van der Waals surface area contributed by atoms with Crippen molar-refractivity contribution in [2.24, 2.45) is 0 Å². The van der Waals surface area contributed by atoms with Crippen molar-refractivity contribution in [3.63, 3.8) is 0 Å². The number of hydrogen-bond donors (Lipinski definition) is 0. The molecule has 16 heavy (non-hydrogen) atoms. The van der Waals surface area contributed by atoms with Gasteiger partial charge in [-0.1, -0.05) is 42.4 Å². The molecule has 5 heteroatoms. The fourth-order valence-electron chi connectivity index (χ4n) is 1.15. The van der Waals surface area contributed by atoms with Gasteiger partial charge in [0.2, 0.25) is 0 Å². The second kappa shape index (κ2) is 9.86. The molecule has 0 fully saturated rings. The third-order valence-electron chi connectivity index (χ3n) is 1.91. The summed E-state index contributed by atoms with van der Waals surface area (Å²) >= 11 is 2.08. The van der Waals surface area contributed by atoms with Gasteiger partial charge in [0.05, 0.1) is 13.0 Å². The standard InChI is InChI=1S/C11H19IO4/c1-3-4-5-6-15-11(14)7-10(8-12)16-9(2)13/h10H,3-8H2,1-2H3. The van der Waals surface area contributed by atoms with Gasteiger partial charge in [-0.2, -0.15) is 0 Å². The summed E-state index contributed by atoms with van der Waals surface area (Å²) in [6.45, 7) is 3.89. The molecule has 94 valence electrons. The molecule has 0 aromatic heterocycles. The summed E-state index contributed by atoms with van der Waals surface area (Å²) in [6.07, 6.45) is 2.84. The quantitative estimate of drug-likeness (QED) is 0.294. The van der Waals surface area contributed by atoms with Gasteiger partial charge in [0.1, 0.15) is 6.10 Å². The van der Waals surface area contributed by atoms with E-state index >= 15 is 0 Å². The zero-order valence-electron chi connectivity index (χ0n) is 9.83. The molecular formula is C11H19IO4. The lowest BCUT2D eigenvalue weighted by atomic mass is 10.2. The molecule has 4 nitrogen and oxygen atoms in total. The highest BCUT2D eigenvalue weighted by Gasteiger charge is 2.16. The Balaban J connectivity index is 3.70. The number of rotatable bonds is 8. The molecule has 0 heterocycles. The van der Waals surface area contributed by atoms with Gasteiger partial charge in [0.25, 0.3) is 0 Å². The highest BCUT2D eigenvalue weighted by molar-refractivity contribution is 14.1. The Morgan fingerprint density at radius 1 is 1.31 bits per heavy atom. The van der Waals surface area contributed by atoms with Crippen LogP contribution in [0.2, 0.25) is 0 Å². The van der Waals surface area contributed by atoms with Crippen LogP contribution in [0.5, 0.6) is 0 Å². The highest BCUT2D eigenvalue weighted by atomic mass is 127.